The SMILES string of the molecule is CC(C)(C)P(C1CCCCC1)C(C)(C)C.Nc1ccccc1-c1[c-]cccc1.[Cl-].[Pd]. The molecular weight excluding hydrogens is 499 g/mol. The average Bonchev–Trinajstić information content (AvgIpc) is 2.62. The van der Waals surface area contributed by atoms with E-state index in [1.54, 1.807) is 0 Å². The number of anilines is 1. The molecule has 1 aliphatic carbocycles. The predicted molar refractivity (Wildman–Crippen MR) is 128 cm³/mol. The molecular formula is C26H39ClNPPd-2. The van der Waals surface area contributed by atoms with Crippen molar-refractivity contribution in [3.8, 4) is 11.1 Å². The summed E-state index contributed by atoms with van der Waals surface area (Å²) in [5.74, 6) is 0. The van der Waals surface area contributed by atoms with Gasteiger partial charge in [0.2, 0.25) is 0 Å². The third kappa shape index (κ3) is 9.01. The van der Waals surface area contributed by atoms with Crippen LogP contribution in [-0.4, -0.2) is 16.0 Å². The molecule has 1 nitrogen and oxygen atoms in total. The van der Waals surface area contributed by atoms with Gasteiger partial charge in [-0.3, -0.25) is 0 Å². The third-order valence-electron chi connectivity index (χ3n) is 5.35. The minimum atomic E-state index is 0. The van der Waals surface area contributed by atoms with Gasteiger partial charge in [-0.1, -0.05) is 92.5 Å². The summed E-state index contributed by atoms with van der Waals surface area (Å²) in [6, 6.07) is 18.8. The number of hydrogen-bond donors (Lipinski definition) is 1. The summed E-state index contributed by atoms with van der Waals surface area (Å²) in [6.45, 7) is 14.7. The number of rotatable bonds is 2. The topological polar surface area (TPSA) is 26.0 Å². The summed E-state index contributed by atoms with van der Waals surface area (Å²) in [4.78, 5) is 0. The summed E-state index contributed by atoms with van der Waals surface area (Å²) in [6.07, 6.45) is 7.44. The Morgan fingerprint density at radius 2 is 1.37 bits per heavy atom. The van der Waals surface area contributed by atoms with Crippen LogP contribution in [0.1, 0.15) is 73.6 Å². The Morgan fingerprint density at radius 1 is 0.833 bits per heavy atom. The summed E-state index contributed by atoms with van der Waals surface area (Å²) >= 11 is 0. The van der Waals surface area contributed by atoms with E-state index in [0.29, 0.717) is 10.3 Å². The Kier molecular flexibility index (Phi) is 13.1. The van der Waals surface area contributed by atoms with Gasteiger partial charge >= 0.3 is 0 Å². The van der Waals surface area contributed by atoms with Crippen LogP contribution >= 0.6 is 7.92 Å². The second-order valence-corrected chi connectivity index (χ2v) is 14.0. The fourth-order valence-electron chi connectivity index (χ4n) is 4.74. The normalized spacial score (nSPS) is 14.8. The molecule has 2 aromatic rings. The van der Waals surface area contributed by atoms with Crippen molar-refractivity contribution in [1.82, 2.24) is 0 Å². The molecule has 1 aliphatic rings. The molecule has 0 unspecified atom stereocenters. The Morgan fingerprint density at radius 3 is 1.83 bits per heavy atom. The van der Waals surface area contributed by atoms with Gasteiger partial charge in [-0.25, -0.2) is 0 Å². The third-order valence-corrected chi connectivity index (χ3v) is 9.48. The maximum absolute atomic E-state index is 5.83. The smallest absolute Gasteiger partial charge is 0 e. The van der Waals surface area contributed by atoms with Crippen molar-refractivity contribution in [2.24, 2.45) is 0 Å². The Bertz CT molecular complexity index is 702. The van der Waals surface area contributed by atoms with E-state index in [2.05, 4.69) is 47.6 Å². The molecule has 0 spiro atoms. The van der Waals surface area contributed by atoms with Gasteiger partial charge in [0.25, 0.3) is 0 Å². The van der Waals surface area contributed by atoms with E-state index in [-0.39, 0.29) is 40.8 Å². The molecule has 4 heteroatoms. The van der Waals surface area contributed by atoms with E-state index in [1.165, 1.54) is 32.1 Å². The van der Waals surface area contributed by atoms with E-state index < -0.39 is 0 Å². The van der Waals surface area contributed by atoms with Crippen molar-refractivity contribution >= 4 is 13.6 Å². The van der Waals surface area contributed by atoms with Crippen molar-refractivity contribution in [1.29, 1.82) is 0 Å². The molecule has 0 amide bonds. The van der Waals surface area contributed by atoms with Crippen molar-refractivity contribution in [2.45, 2.75) is 89.6 Å². The van der Waals surface area contributed by atoms with Gasteiger partial charge in [-0.15, -0.1) is 35.9 Å². The maximum atomic E-state index is 5.83. The number of nitrogens with two attached hydrogens (primary N) is 1. The summed E-state index contributed by atoms with van der Waals surface area (Å²) < 4.78 is 0. The minimum absolute atomic E-state index is 0. The molecule has 0 saturated heterocycles. The Balaban J connectivity index is 0.000000529. The quantitative estimate of drug-likeness (QED) is 0.244. The van der Waals surface area contributed by atoms with Gasteiger partial charge in [0.15, 0.2) is 0 Å². The number of hydrogen-bond acceptors (Lipinski definition) is 1. The largest absolute Gasteiger partial charge is 1.00 e. The molecule has 2 aromatic carbocycles. The molecule has 0 bridgehead atoms. The van der Waals surface area contributed by atoms with Crippen molar-refractivity contribution < 1.29 is 32.8 Å². The van der Waals surface area contributed by atoms with Crippen molar-refractivity contribution in [2.75, 3.05) is 5.73 Å². The zero-order valence-electron chi connectivity index (χ0n) is 19.5. The van der Waals surface area contributed by atoms with Crippen LogP contribution in [0, 0.1) is 6.07 Å². The number of nitrogen functional groups attached to an aromatic ring is 1. The number of benzene rings is 2. The Hall–Kier alpha value is -0.378. The van der Waals surface area contributed by atoms with E-state index in [9.17, 15) is 0 Å². The standard InChI is InChI=1S/C14H29P.C12H10N.ClH.Pd/c1-13(2,3)15(14(4,5)6)12-10-8-7-9-11-12;13-12-9-5-4-8-11(12)10-6-2-1-3-7-10;;/h12H,7-11H2,1-6H3;1-6,8-9H,13H2;1H;/q;-1;;/p-1. The molecule has 30 heavy (non-hydrogen) atoms. The van der Waals surface area contributed by atoms with E-state index >= 15 is 0 Å². The molecule has 0 radical (unpaired) electrons. The van der Waals surface area contributed by atoms with Crippen LogP contribution < -0.4 is 18.1 Å². The Labute approximate surface area is 206 Å². The first-order chi connectivity index (χ1) is 13.1. The van der Waals surface area contributed by atoms with Gasteiger partial charge in [0.05, 0.1) is 0 Å². The number of para-hydroxylation sites is 1. The van der Waals surface area contributed by atoms with Crippen LogP contribution in [0.5, 0.6) is 0 Å². The molecule has 0 aromatic heterocycles. The maximum Gasteiger partial charge on any atom is 0 e. The molecule has 2 N–H and O–H groups in total. The van der Waals surface area contributed by atoms with Gasteiger partial charge in [-0.2, -0.15) is 0 Å². The molecule has 0 heterocycles. The summed E-state index contributed by atoms with van der Waals surface area (Å²) in [5.41, 5.74) is 9.75. The van der Waals surface area contributed by atoms with Crippen LogP contribution in [-0.2, 0) is 20.4 Å². The minimum Gasteiger partial charge on any atom is -1.00 e. The van der Waals surface area contributed by atoms with Crippen molar-refractivity contribution in [3.05, 3.63) is 54.6 Å². The van der Waals surface area contributed by atoms with Gasteiger partial charge in [0.1, 0.15) is 0 Å². The van der Waals surface area contributed by atoms with Crippen LogP contribution in [0.15, 0.2) is 48.5 Å². The summed E-state index contributed by atoms with van der Waals surface area (Å²) in [7, 11) is 0.139. The van der Waals surface area contributed by atoms with Gasteiger partial charge < -0.3 is 18.1 Å². The van der Waals surface area contributed by atoms with Gasteiger partial charge in [0, 0.05) is 20.4 Å². The van der Waals surface area contributed by atoms with Crippen LogP contribution in [0.4, 0.5) is 5.69 Å². The molecule has 3 rings (SSSR count). The predicted octanol–water partition coefficient (Wildman–Crippen LogP) is 5.14. The molecule has 1 saturated carbocycles. The second kappa shape index (κ2) is 13.2. The number of halogens is 1. The van der Waals surface area contributed by atoms with Gasteiger partial charge in [-0.05, 0) is 40.6 Å². The summed E-state index contributed by atoms with van der Waals surface area (Å²) in [5, 5.41) is 1.05. The van der Waals surface area contributed by atoms with Crippen LogP contribution in [0.2, 0.25) is 0 Å². The molecule has 1 fully saturated rings. The van der Waals surface area contributed by atoms with Crippen molar-refractivity contribution in [3.63, 3.8) is 0 Å². The zero-order valence-corrected chi connectivity index (χ0v) is 22.7. The van der Waals surface area contributed by atoms with E-state index in [4.69, 9.17) is 5.73 Å². The molecule has 0 atom stereocenters. The fourth-order valence-corrected chi connectivity index (χ4v) is 9.83. The first-order valence-corrected chi connectivity index (χ1v) is 12.1. The fraction of sp³-hybridized carbons (Fsp3) is 0.538. The zero-order chi connectivity index (χ0) is 20.8. The molecule has 0 aliphatic heterocycles. The molecule has 172 valence electrons. The first kappa shape index (κ1) is 29.6. The average molecular weight is 538 g/mol. The van der Waals surface area contributed by atoms with Crippen LogP contribution in [0.3, 0.4) is 0 Å². The monoisotopic (exact) mass is 537 g/mol. The van der Waals surface area contributed by atoms with E-state index in [1.807, 2.05) is 48.5 Å². The second-order valence-electron chi connectivity index (χ2n) is 9.87. The van der Waals surface area contributed by atoms with Crippen LogP contribution in [0.25, 0.3) is 11.1 Å². The van der Waals surface area contributed by atoms with E-state index in [0.717, 1.165) is 22.5 Å². The first-order valence-electron chi connectivity index (χ1n) is 10.7.